The molecule has 0 spiro atoms. The quantitative estimate of drug-likeness (QED) is 0.793. The van der Waals surface area contributed by atoms with Crippen molar-refractivity contribution in [3.8, 4) is 0 Å². The van der Waals surface area contributed by atoms with Gasteiger partial charge in [-0.3, -0.25) is 9.59 Å². The van der Waals surface area contributed by atoms with Crippen LogP contribution in [0.15, 0.2) is 29.1 Å². The van der Waals surface area contributed by atoms with E-state index in [0.29, 0.717) is 42.0 Å². The van der Waals surface area contributed by atoms with Crippen LogP contribution in [0.3, 0.4) is 0 Å². The van der Waals surface area contributed by atoms with Crippen LogP contribution in [0.5, 0.6) is 0 Å². The lowest BCUT2D eigenvalue weighted by Crippen LogP contribution is -2.43. The van der Waals surface area contributed by atoms with E-state index < -0.39 is 0 Å². The molecule has 6 nitrogen and oxygen atoms in total. The van der Waals surface area contributed by atoms with E-state index in [1.54, 1.807) is 6.07 Å². The van der Waals surface area contributed by atoms with Gasteiger partial charge in [0.2, 0.25) is 0 Å². The summed E-state index contributed by atoms with van der Waals surface area (Å²) < 4.78 is 1.47. The first-order chi connectivity index (χ1) is 13.0. The van der Waals surface area contributed by atoms with Crippen molar-refractivity contribution >= 4 is 16.7 Å². The standard InChI is InChI=1S/C21H30N4O2/c1-3-4-7-12-25-20(26)18-9-6-5-8-17(18)19(23-25)21(27)24-13-10-16(11-14-24)15(2)22/h5-6,8-9,15-16H,3-4,7,10-14,22H2,1-2H3. The Balaban J connectivity index is 1.92. The molecule has 1 aromatic heterocycles. The van der Waals surface area contributed by atoms with Crippen molar-refractivity contribution in [3.63, 3.8) is 0 Å². The Kier molecular flexibility index (Phi) is 6.26. The monoisotopic (exact) mass is 370 g/mol. The maximum Gasteiger partial charge on any atom is 0.274 e. The van der Waals surface area contributed by atoms with Crippen molar-refractivity contribution < 1.29 is 4.79 Å². The van der Waals surface area contributed by atoms with Crippen molar-refractivity contribution in [2.75, 3.05) is 13.1 Å². The molecule has 1 unspecified atom stereocenters. The molecule has 0 radical (unpaired) electrons. The lowest BCUT2D eigenvalue weighted by atomic mass is 9.91. The van der Waals surface area contributed by atoms with Gasteiger partial charge in [-0.05, 0) is 38.2 Å². The fourth-order valence-electron chi connectivity index (χ4n) is 3.83. The predicted octanol–water partition coefficient (Wildman–Crippen LogP) is 2.79. The molecular formula is C21H30N4O2. The Morgan fingerprint density at radius 3 is 2.52 bits per heavy atom. The number of nitrogens with zero attached hydrogens (tertiary/aromatic N) is 3. The van der Waals surface area contributed by atoms with Gasteiger partial charge in [0.1, 0.15) is 0 Å². The summed E-state index contributed by atoms with van der Waals surface area (Å²) in [6.07, 6.45) is 4.82. The van der Waals surface area contributed by atoms with E-state index in [1.807, 2.05) is 30.0 Å². The number of likely N-dealkylation sites (tertiary alicyclic amines) is 1. The van der Waals surface area contributed by atoms with Gasteiger partial charge in [-0.15, -0.1) is 0 Å². The van der Waals surface area contributed by atoms with Gasteiger partial charge in [0.25, 0.3) is 11.5 Å². The van der Waals surface area contributed by atoms with Gasteiger partial charge >= 0.3 is 0 Å². The van der Waals surface area contributed by atoms with Crippen molar-refractivity contribution in [1.29, 1.82) is 0 Å². The van der Waals surface area contributed by atoms with Crippen LogP contribution >= 0.6 is 0 Å². The Labute approximate surface area is 160 Å². The number of benzene rings is 1. The zero-order chi connectivity index (χ0) is 19.4. The summed E-state index contributed by atoms with van der Waals surface area (Å²) in [4.78, 5) is 27.8. The number of carbonyl (C=O) groups is 1. The number of unbranched alkanes of at least 4 members (excludes halogenated alkanes) is 2. The van der Waals surface area contributed by atoms with Gasteiger partial charge in [0.05, 0.1) is 5.39 Å². The first-order valence-corrected chi connectivity index (χ1v) is 10.1. The van der Waals surface area contributed by atoms with Gasteiger partial charge in [-0.25, -0.2) is 4.68 Å². The molecule has 1 aliphatic heterocycles. The fourth-order valence-corrected chi connectivity index (χ4v) is 3.83. The van der Waals surface area contributed by atoms with Crippen LogP contribution in [0.25, 0.3) is 10.8 Å². The Morgan fingerprint density at radius 1 is 1.22 bits per heavy atom. The molecule has 2 heterocycles. The first kappa shape index (κ1) is 19.5. The van der Waals surface area contributed by atoms with E-state index >= 15 is 0 Å². The summed E-state index contributed by atoms with van der Waals surface area (Å²) in [5.74, 6) is 0.375. The van der Waals surface area contributed by atoms with E-state index in [4.69, 9.17) is 5.73 Å². The molecule has 3 rings (SSSR count). The van der Waals surface area contributed by atoms with E-state index in [0.717, 1.165) is 32.1 Å². The second-order valence-corrected chi connectivity index (χ2v) is 7.62. The summed E-state index contributed by atoms with van der Waals surface area (Å²) >= 11 is 0. The second kappa shape index (κ2) is 8.65. The molecule has 1 aromatic carbocycles. The van der Waals surface area contributed by atoms with Crippen LogP contribution < -0.4 is 11.3 Å². The summed E-state index contributed by atoms with van der Waals surface area (Å²) in [5.41, 5.74) is 6.29. The number of aromatic nitrogens is 2. The molecule has 6 heteroatoms. The Hall–Kier alpha value is -2.21. The third-order valence-electron chi connectivity index (χ3n) is 5.61. The molecule has 146 valence electrons. The number of rotatable bonds is 6. The topological polar surface area (TPSA) is 81.2 Å². The van der Waals surface area contributed by atoms with Crippen LogP contribution in [-0.2, 0) is 6.54 Å². The molecule has 1 saturated heterocycles. The number of hydrogen-bond donors (Lipinski definition) is 1. The molecule has 2 N–H and O–H groups in total. The highest BCUT2D eigenvalue weighted by molar-refractivity contribution is 6.04. The van der Waals surface area contributed by atoms with Gasteiger partial charge in [0.15, 0.2) is 5.69 Å². The van der Waals surface area contributed by atoms with Gasteiger partial charge in [-0.2, -0.15) is 5.10 Å². The number of carbonyl (C=O) groups excluding carboxylic acids is 1. The first-order valence-electron chi connectivity index (χ1n) is 10.1. The SMILES string of the molecule is CCCCCn1nc(C(=O)N2CCC(C(C)N)CC2)c2ccccc2c1=O. The van der Waals surface area contributed by atoms with E-state index in [-0.39, 0.29) is 17.5 Å². The molecule has 1 aliphatic rings. The average Bonchev–Trinajstić information content (AvgIpc) is 2.69. The fraction of sp³-hybridized carbons (Fsp3) is 0.571. The molecule has 0 bridgehead atoms. The lowest BCUT2D eigenvalue weighted by Gasteiger charge is -2.33. The summed E-state index contributed by atoms with van der Waals surface area (Å²) in [6.45, 7) is 6.08. The highest BCUT2D eigenvalue weighted by Gasteiger charge is 2.28. The predicted molar refractivity (Wildman–Crippen MR) is 108 cm³/mol. The van der Waals surface area contributed by atoms with Crippen molar-refractivity contribution in [2.24, 2.45) is 11.7 Å². The lowest BCUT2D eigenvalue weighted by molar-refractivity contribution is 0.0674. The number of aryl methyl sites for hydroxylation is 1. The summed E-state index contributed by atoms with van der Waals surface area (Å²) in [7, 11) is 0. The molecule has 1 fully saturated rings. The number of amides is 1. The minimum Gasteiger partial charge on any atom is -0.337 e. The number of piperidine rings is 1. The zero-order valence-corrected chi connectivity index (χ0v) is 16.4. The van der Waals surface area contributed by atoms with Gasteiger partial charge in [0, 0.05) is 31.1 Å². The van der Waals surface area contributed by atoms with Crippen LogP contribution in [0.2, 0.25) is 0 Å². The maximum atomic E-state index is 13.2. The van der Waals surface area contributed by atoms with E-state index in [1.165, 1.54) is 4.68 Å². The van der Waals surface area contributed by atoms with Gasteiger partial charge in [-0.1, -0.05) is 38.0 Å². The third kappa shape index (κ3) is 4.21. The van der Waals surface area contributed by atoms with Crippen molar-refractivity contribution in [2.45, 2.75) is 58.5 Å². The Morgan fingerprint density at radius 2 is 1.89 bits per heavy atom. The van der Waals surface area contributed by atoms with Crippen molar-refractivity contribution in [1.82, 2.24) is 14.7 Å². The van der Waals surface area contributed by atoms with E-state index in [9.17, 15) is 9.59 Å². The van der Waals surface area contributed by atoms with Crippen LogP contribution in [-0.4, -0.2) is 39.7 Å². The minimum atomic E-state index is -0.117. The van der Waals surface area contributed by atoms with Gasteiger partial charge < -0.3 is 10.6 Å². The number of hydrogen-bond acceptors (Lipinski definition) is 4. The zero-order valence-electron chi connectivity index (χ0n) is 16.4. The number of fused-ring (bicyclic) bond motifs is 1. The van der Waals surface area contributed by atoms with Crippen molar-refractivity contribution in [3.05, 3.63) is 40.3 Å². The molecule has 0 saturated carbocycles. The van der Waals surface area contributed by atoms with Crippen LogP contribution in [0, 0.1) is 5.92 Å². The van der Waals surface area contributed by atoms with Crippen LogP contribution in [0.4, 0.5) is 0 Å². The largest absolute Gasteiger partial charge is 0.337 e. The Bertz CT molecular complexity index is 851. The number of nitrogens with two attached hydrogens (primary N) is 1. The minimum absolute atomic E-state index is 0.0847. The van der Waals surface area contributed by atoms with E-state index in [2.05, 4.69) is 12.0 Å². The molecule has 0 aliphatic carbocycles. The second-order valence-electron chi connectivity index (χ2n) is 7.62. The highest BCUT2D eigenvalue weighted by atomic mass is 16.2. The molecule has 27 heavy (non-hydrogen) atoms. The molecule has 2 aromatic rings. The molecular weight excluding hydrogens is 340 g/mol. The molecule has 1 atom stereocenters. The maximum absolute atomic E-state index is 13.2. The normalized spacial score (nSPS) is 16.6. The third-order valence-corrected chi connectivity index (χ3v) is 5.61. The molecule has 1 amide bonds. The summed E-state index contributed by atoms with van der Waals surface area (Å²) in [5, 5.41) is 5.70. The summed E-state index contributed by atoms with van der Waals surface area (Å²) in [6, 6.07) is 7.45. The average molecular weight is 370 g/mol. The smallest absolute Gasteiger partial charge is 0.274 e. The van der Waals surface area contributed by atoms with Crippen LogP contribution in [0.1, 0.15) is 56.4 Å². The highest BCUT2D eigenvalue weighted by Crippen LogP contribution is 2.22.